The summed E-state index contributed by atoms with van der Waals surface area (Å²) in [4.78, 5) is 0. The van der Waals surface area contributed by atoms with Crippen molar-refractivity contribution in [2.24, 2.45) is 0 Å². The van der Waals surface area contributed by atoms with Crippen LogP contribution in [-0.4, -0.2) is 6.54 Å². The molecule has 1 heterocycles. The third-order valence-corrected chi connectivity index (χ3v) is 3.01. The van der Waals surface area contributed by atoms with E-state index in [9.17, 15) is 0 Å². The van der Waals surface area contributed by atoms with Crippen LogP contribution in [0, 0.1) is 6.92 Å². The lowest BCUT2D eigenvalue weighted by Crippen LogP contribution is -2.23. The molecule has 0 spiro atoms. The average Bonchev–Trinajstić information content (AvgIpc) is 2.04. The van der Waals surface area contributed by atoms with Gasteiger partial charge in [0, 0.05) is 11.0 Å². The Labute approximate surface area is 81.3 Å². The van der Waals surface area contributed by atoms with E-state index < -0.39 is 0 Å². The molecule has 2 rings (SSSR count). The van der Waals surface area contributed by atoms with Gasteiger partial charge in [-0.3, -0.25) is 0 Å². The Morgan fingerprint density at radius 1 is 1.42 bits per heavy atom. The van der Waals surface area contributed by atoms with Gasteiger partial charge >= 0.3 is 0 Å². The van der Waals surface area contributed by atoms with Gasteiger partial charge in [0.05, 0.1) is 0 Å². The van der Waals surface area contributed by atoms with Gasteiger partial charge in [0.25, 0.3) is 0 Å². The van der Waals surface area contributed by atoms with Crippen LogP contribution >= 0.6 is 15.9 Å². The minimum Gasteiger partial charge on any atom is -0.312 e. The summed E-state index contributed by atoms with van der Waals surface area (Å²) in [6, 6.07) is 4.47. The first kappa shape index (κ1) is 8.27. The summed E-state index contributed by atoms with van der Waals surface area (Å²) < 4.78 is 1.28. The Morgan fingerprint density at radius 2 is 2.25 bits per heavy atom. The molecular formula is C10H12BrN. The maximum atomic E-state index is 3.61. The van der Waals surface area contributed by atoms with Crippen LogP contribution in [0.5, 0.6) is 0 Å². The molecule has 1 nitrogen and oxygen atoms in total. The van der Waals surface area contributed by atoms with Crippen LogP contribution in [0.25, 0.3) is 0 Å². The summed E-state index contributed by atoms with van der Waals surface area (Å²) in [5.74, 6) is 0. The molecule has 0 radical (unpaired) electrons. The van der Waals surface area contributed by atoms with Crippen LogP contribution in [0.1, 0.15) is 16.7 Å². The number of aryl methyl sites for hydroxylation is 1. The molecule has 1 aliphatic rings. The van der Waals surface area contributed by atoms with E-state index in [0.29, 0.717) is 0 Å². The molecule has 0 bridgehead atoms. The van der Waals surface area contributed by atoms with E-state index in [1.165, 1.54) is 21.2 Å². The second kappa shape index (κ2) is 3.19. The Bertz CT molecular complexity index is 307. The van der Waals surface area contributed by atoms with Crippen molar-refractivity contribution in [1.29, 1.82) is 0 Å². The van der Waals surface area contributed by atoms with Gasteiger partial charge in [-0.05, 0) is 42.6 Å². The molecular weight excluding hydrogens is 214 g/mol. The Morgan fingerprint density at radius 3 is 3.08 bits per heavy atom. The summed E-state index contributed by atoms with van der Waals surface area (Å²) >= 11 is 3.61. The van der Waals surface area contributed by atoms with Gasteiger partial charge in [0.1, 0.15) is 0 Å². The molecule has 0 aromatic heterocycles. The zero-order chi connectivity index (χ0) is 8.55. The first-order chi connectivity index (χ1) is 5.77. The van der Waals surface area contributed by atoms with E-state index >= 15 is 0 Å². The monoisotopic (exact) mass is 225 g/mol. The highest BCUT2D eigenvalue weighted by Gasteiger charge is 2.11. The predicted octanol–water partition coefficient (Wildman–Crippen LogP) is 2.40. The van der Waals surface area contributed by atoms with Crippen LogP contribution in [0.15, 0.2) is 16.6 Å². The van der Waals surface area contributed by atoms with Gasteiger partial charge < -0.3 is 5.32 Å². The first-order valence-electron chi connectivity index (χ1n) is 4.26. The highest BCUT2D eigenvalue weighted by Crippen LogP contribution is 2.25. The summed E-state index contributed by atoms with van der Waals surface area (Å²) in [7, 11) is 0. The van der Waals surface area contributed by atoms with Crippen molar-refractivity contribution in [3.8, 4) is 0 Å². The van der Waals surface area contributed by atoms with Gasteiger partial charge in [-0.25, -0.2) is 0 Å². The summed E-state index contributed by atoms with van der Waals surface area (Å²) in [5.41, 5.74) is 4.27. The molecule has 2 heteroatoms. The summed E-state index contributed by atoms with van der Waals surface area (Å²) in [6.45, 7) is 4.27. The van der Waals surface area contributed by atoms with Crippen molar-refractivity contribution in [1.82, 2.24) is 5.32 Å². The van der Waals surface area contributed by atoms with E-state index in [4.69, 9.17) is 0 Å². The Hall–Kier alpha value is -0.340. The number of halogens is 1. The number of hydrogen-bond donors (Lipinski definition) is 1. The lowest BCUT2D eigenvalue weighted by molar-refractivity contribution is 0.641. The minimum absolute atomic E-state index is 1.02. The van der Waals surface area contributed by atoms with E-state index in [1.807, 2.05) is 0 Å². The van der Waals surface area contributed by atoms with Gasteiger partial charge in [-0.2, -0.15) is 0 Å². The molecule has 12 heavy (non-hydrogen) atoms. The fourth-order valence-electron chi connectivity index (χ4n) is 1.72. The SMILES string of the molecule is Cc1cc(Br)c2c(c1)CNCC2. The molecule has 1 aliphatic heterocycles. The number of hydrogen-bond acceptors (Lipinski definition) is 1. The minimum atomic E-state index is 1.02. The van der Waals surface area contributed by atoms with Gasteiger partial charge in [0.15, 0.2) is 0 Å². The van der Waals surface area contributed by atoms with Crippen molar-refractivity contribution in [2.45, 2.75) is 19.9 Å². The van der Waals surface area contributed by atoms with E-state index in [0.717, 1.165) is 19.5 Å². The molecule has 64 valence electrons. The zero-order valence-electron chi connectivity index (χ0n) is 7.15. The molecule has 0 saturated heterocycles. The van der Waals surface area contributed by atoms with Gasteiger partial charge in [-0.15, -0.1) is 0 Å². The Balaban J connectivity index is 2.53. The lowest BCUT2D eigenvalue weighted by atomic mass is 9.99. The summed E-state index contributed by atoms with van der Waals surface area (Å²) in [6.07, 6.45) is 1.15. The molecule has 1 aromatic rings. The number of nitrogens with one attached hydrogen (secondary N) is 1. The average molecular weight is 226 g/mol. The second-order valence-corrected chi connectivity index (χ2v) is 4.17. The zero-order valence-corrected chi connectivity index (χ0v) is 8.74. The largest absolute Gasteiger partial charge is 0.312 e. The third kappa shape index (κ3) is 1.41. The Kier molecular flexibility index (Phi) is 2.20. The molecule has 0 amide bonds. The van der Waals surface area contributed by atoms with Crippen molar-refractivity contribution < 1.29 is 0 Å². The number of rotatable bonds is 0. The van der Waals surface area contributed by atoms with Crippen molar-refractivity contribution in [2.75, 3.05) is 6.54 Å². The van der Waals surface area contributed by atoms with Gasteiger partial charge in [0.2, 0.25) is 0 Å². The van der Waals surface area contributed by atoms with Crippen LogP contribution in [0.3, 0.4) is 0 Å². The number of fused-ring (bicyclic) bond motifs is 1. The number of benzene rings is 1. The van der Waals surface area contributed by atoms with Crippen molar-refractivity contribution >= 4 is 15.9 Å². The summed E-state index contributed by atoms with van der Waals surface area (Å²) in [5, 5.41) is 3.37. The molecule has 0 atom stereocenters. The van der Waals surface area contributed by atoms with E-state index in [1.54, 1.807) is 0 Å². The third-order valence-electron chi connectivity index (χ3n) is 2.30. The lowest BCUT2D eigenvalue weighted by Gasteiger charge is -2.18. The smallest absolute Gasteiger partial charge is 0.0213 e. The standard InChI is InChI=1S/C10H12BrN/c1-7-4-8-6-12-3-2-9(8)10(11)5-7/h4-5,12H,2-3,6H2,1H3. The van der Waals surface area contributed by atoms with E-state index in [-0.39, 0.29) is 0 Å². The highest BCUT2D eigenvalue weighted by molar-refractivity contribution is 9.10. The second-order valence-electron chi connectivity index (χ2n) is 3.31. The normalized spacial score (nSPS) is 15.8. The molecule has 1 N–H and O–H groups in total. The molecule has 1 aromatic carbocycles. The quantitative estimate of drug-likeness (QED) is 0.716. The van der Waals surface area contributed by atoms with Crippen LogP contribution in [0.4, 0.5) is 0 Å². The topological polar surface area (TPSA) is 12.0 Å². The molecule has 0 fully saturated rings. The van der Waals surface area contributed by atoms with Crippen molar-refractivity contribution in [3.63, 3.8) is 0 Å². The van der Waals surface area contributed by atoms with E-state index in [2.05, 4.69) is 40.3 Å². The fourth-order valence-corrected chi connectivity index (χ4v) is 2.53. The molecule has 0 saturated carbocycles. The first-order valence-corrected chi connectivity index (χ1v) is 5.05. The van der Waals surface area contributed by atoms with Crippen molar-refractivity contribution in [3.05, 3.63) is 33.3 Å². The maximum Gasteiger partial charge on any atom is 0.0213 e. The van der Waals surface area contributed by atoms with Gasteiger partial charge in [-0.1, -0.05) is 22.0 Å². The predicted molar refractivity (Wildman–Crippen MR) is 54.3 cm³/mol. The van der Waals surface area contributed by atoms with Crippen LogP contribution in [0.2, 0.25) is 0 Å². The maximum absolute atomic E-state index is 3.61. The van der Waals surface area contributed by atoms with Crippen LogP contribution < -0.4 is 5.32 Å². The molecule has 0 unspecified atom stereocenters. The molecule has 0 aliphatic carbocycles. The fraction of sp³-hybridized carbons (Fsp3) is 0.400. The van der Waals surface area contributed by atoms with Crippen LogP contribution in [-0.2, 0) is 13.0 Å². The highest BCUT2D eigenvalue weighted by atomic mass is 79.9.